The highest BCUT2D eigenvalue weighted by atomic mass is 16.5. The van der Waals surface area contributed by atoms with Crippen LogP contribution in [0.3, 0.4) is 0 Å². The summed E-state index contributed by atoms with van der Waals surface area (Å²) in [7, 11) is 0. The summed E-state index contributed by atoms with van der Waals surface area (Å²) in [5, 5.41) is 3.86. The average Bonchev–Trinajstić information content (AvgIpc) is 2.64. The molecule has 0 amide bonds. The Bertz CT molecular complexity index is 532. The van der Waals surface area contributed by atoms with Crippen LogP contribution in [0.5, 0.6) is 0 Å². The molecule has 0 aliphatic carbocycles. The normalized spacial score (nSPS) is 10.5. The smallest absolute Gasteiger partial charge is 0.234 e. The van der Waals surface area contributed by atoms with E-state index in [1.54, 1.807) is 0 Å². The molecule has 0 aliphatic heterocycles. The summed E-state index contributed by atoms with van der Waals surface area (Å²) in [4.78, 5) is 15.1. The van der Waals surface area contributed by atoms with Gasteiger partial charge in [-0.2, -0.15) is 4.98 Å². The first-order valence-electron chi connectivity index (χ1n) is 5.50. The molecule has 2 aromatic rings. The van der Waals surface area contributed by atoms with Gasteiger partial charge in [0.05, 0.1) is 6.42 Å². The lowest BCUT2D eigenvalue weighted by Crippen LogP contribution is -1.97. The molecular weight excluding hydrogens is 216 g/mol. The van der Waals surface area contributed by atoms with Gasteiger partial charge in [0, 0.05) is 6.42 Å². The van der Waals surface area contributed by atoms with Crippen molar-refractivity contribution in [3.8, 4) is 0 Å². The van der Waals surface area contributed by atoms with Crippen LogP contribution in [0, 0.1) is 6.92 Å². The van der Waals surface area contributed by atoms with Crippen molar-refractivity contribution in [2.75, 3.05) is 0 Å². The molecule has 4 nitrogen and oxygen atoms in total. The van der Waals surface area contributed by atoms with Crippen LogP contribution in [0.1, 0.15) is 29.8 Å². The van der Waals surface area contributed by atoms with Crippen molar-refractivity contribution in [3.63, 3.8) is 0 Å². The van der Waals surface area contributed by atoms with Crippen LogP contribution in [0.4, 0.5) is 0 Å². The van der Waals surface area contributed by atoms with Gasteiger partial charge in [0.15, 0.2) is 5.82 Å². The number of nitrogens with zero attached hydrogens (tertiary/aromatic N) is 2. The molecule has 0 saturated carbocycles. The van der Waals surface area contributed by atoms with E-state index < -0.39 is 0 Å². The third-order valence-corrected chi connectivity index (χ3v) is 2.36. The summed E-state index contributed by atoms with van der Waals surface area (Å²) in [5.74, 6) is 1.03. The fourth-order valence-corrected chi connectivity index (χ4v) is 1.65. The molecule has 1 aromatic heterocycles. The van der Waals surface area contributed by atoms with Crippen LogP contribution < -0.4 is 0 Å². The lowest BCUT2D eigenvalue weighted by Gasteiger charge is -1.97. The van der Waals surface area contributed by atoms with E-state index in [1.165, 1.54) is 12.5 Å². The van der Waals surface area contributed by atoms with Crippen LogP contribution >= 0.6 is 0 Å². The molecule has 17 heavy (non-hydrogen) atoms. The second kappa shape index (κ2) is 4.91. The Morgan fingerprint density at radius 1 is 1.41 bits per heavy atom. The number of ketones is 1. The number of carbonyl (C=O) groups is 1. The molecule has 0 N–H and O–H groups in total. The van der Waals surface area contributed by atoms with Gasteiger partial charge in [0.25, 0.3) is 0 Å². The van der Waals surface area contributed by atoms with E-state index in [-0.39, 0.29) is 12.2 Å². The number of hydrogen-bond acceptors (Lipinski definition) is 4. The Morgan fingerprint density at radius 2 is 2.24 bits per heavy atom. The Morgan fingerprint density at radius 3 is 2.94 bits per heavy atom. The Labute approximate surface area is 99.7 Å². The first kappa shape index (κ1) is 11.5. The van der Waals surface area contributed by atoms with E-state index in [2.05, 4.69) is 16.2 Å². The number of hydrogen-bond donors (Lipinski definition) is 0. The number of carbonyl (C=O) groups excluding carboxylic acids is 1. The number of aromatic nitrogens is 2. The van der Waals surface area contributed by atoms with Crippen molar-refractivity contribution in [2.24, 2.45) is 0 Å². The molecule has 0 fully saturated rings. The lowest BCUT2D eigenvalue weighted by atomic mass is 10.1. The minimum Gasteiger partial charge on any atom is -0.339 e. The third-order valence-electron chi connectivity index (χ3n) is 2.36. The van der Waals surface area contributed by atoms with E-state index in [1.807, 2.05) is 25.1 Å². The Balaban J connectivity index is 2.08. The average molecular weight is 230 g/mol. The summed E-state index contributed by atoms with van der Waals surface area (Å²) in [6, 6.07) is 8.15. The standard InChI is InChI=1S/C13H14N2O2/c1-9-4-3-5-11(6-9)8-12-14-13(17-15-12)7-10(2)16/h3-6H,7-8H2,1-2H3. The van der Waals surface area contributed by atoms with E-state index in [0.717, 1.165) is 5.56 Å². The van der Waals surface area contributed by atoms with E-state index in [4.69, 9.17) is 4.52 Å². The Hall–Kier alpha value is -1.97. The zero-order valence-electron chi connectivity index (χ0n) is 9.93. The van der Waals surface area contributed by atoms with E-state index in [0.29, 0.717) is 18.1 Å². The van der Waals surface area contributed by atoms with Crippen molar-refractivity contribution < 1.29 is 9.32 Å². The first-order chi connectivity index (χ1) is 8.13. The zero-order valence-corrected chi connectivity index (χ0v) is 9.93. The van der Waals surface area contributed by atoms with Gasteiger partial charge in [-0.25, -0.2) is 0 Å². The Kier molecular flexibility index (Phi) is 3.32. The monoisotopic (exact) mass is 230 g/mol. The van der Waals surface area contributed by atoms with Gasteiger partial charge in [0.2, 0.25) is 5.89 Å². The van der Waals surface area contributed by atoms with E-state index in [9.17, 15) is 4.79 Å². The van der Waals surface area contributed by atoms with E-state index >= 15 is 0 Å². The van der Waals surface area contributed by atoms with Crippen LogP contribution in [0.25, 0.3) is 0 Å². The maximum absolute atomic E-state index is 10.9. The summed E-state index contributed by atoms with van der Waals surface area (Å²) in [6.45, 7) is 3.55. The molecule has 0 atom stereocenters. The number of aryl methyl sites for hydroxylation is 1. The largest absolute Gasteiger partial charge is 0.339 e. The minimum absolute atomic E-state index is 0.0238. The highest BCUT2D eigenvalue weighted by Crippen LogP contribution is 2.09. The molecule has 0 saturated heterocycles. The molecule has 0 radical (unpaired) electrons. The predicted octanol–water partition coefficient (Wildman–Crippen LogP) is 2.10. The van der Waals surface area contributed by atoms with Crippen molar-refractivity contribution in [1.29, 1.82) is 0 Å². The van der Waals surface area contributed by atoms with Gasteiger partial charge < -0.3 is 4.52 Å². The molecular formula is C13H14N2O2. The van der Waals surface area contributed by atoms with Crippen LogP contribution in [0.2, 0.25) is 0 Å². The fourth-order valence-electron chi connectivity index (χ4n) is 1.65. The summed E-state index contributed by atoms with van der Waals surface area (Å²) in [5.41, 5.74) is 2.34. The summed E-state index contributed by atoms with van der Waals surface area (Å²) in [6.07, 6.45) is 0.837. The van der Waals surface area contributed by atoms with Gasteiger partial charge in [0.1, 0.15) is 5.78 Å². The summed E-state index contributed by atoms with van der Waals surface area (Å²) >= 11 is 0. The molecule has 88 valence electrons. The molecule has 1 aromatic carbocycles. The van der Waals surface area contributed by atoms with Gasteiger partial charge in [-0.05, 0) is 19.4 Å². The van der Waals surface area contributed by atoms with Crippen LogP contribution in [-0.4, -0.2) is 15.9 Å². The fraction of sp³-hybridized carbons (Fsp3) is 0.308. The predicted molar refractivity (Wildman–Crippen MR) is 62.7 cm³/mol. The molecule has 1 heterocycles. The van der Waals surface area contributed by atoms with Gasteiger partial charge in [-0.3, -0.25) is 4.79 Å². The van der Waals surface area contributed by atoms with Gasteiger partial charge in [-0.1, -0.05) is 35.0 Å². The first-order valence-corrected chi connectivity index (χ1v) is 5.50. The number of Topliss-reactive ketones (excluding diaryl/α,β-unsaturated/α-hetero) is 1. The quantitative estimate of drug-likeness (QED) is 0.807. The molecule has 4 heteroatoms. The van der Waals surface area contributed by atoms with Crippen molar-refractivity contribution in [2.45, 2.75) is 26.7 Å². The van der Waals surface area contributed by atoms with Crippen molar-refractivity contribution >= 4 is 5.78 Å². The van der Waals surface area contributed by atoms with Crippen LogP contribution in [-0.2, 0) is 17.6 Å². The lowest BCUT2D eigenvalue weighted by molar-refractivity contribution is -0.116. The minimum atomic E-state index is 0.0238. The SMILES string of the molecule is CC(=O)Cc1nc(Cc2cccc(C)c2)no1. The highest BCUT2D eigenvalue weighted by Gasteiger charge is 2.08. The van der Waals surface area contributed by atoms with Crippen LogP contribution in [0.15, 0.2) is 28.8 Å². The topological polar surface area (TPSA) is 56.0 Å². The van der Waals surface area contributed by atoms with Gasteiger partial charge >= 0.3 is 0 Å². The maximum Gasteiger partial charge on any atom is 0.234 e. The third kappa shape index (κ3) is 3.24. The second-order valence-corrected chi connectivity index (χ2v) is 4.15. The van der Waals surface area contributed by atoms with Gasteiger partial charge in [-0.15, -0.1) is 0 Å². The highest BCUT2D eigenvalue weighted by molar-refractivity contribution is 5.77. The molecule has 0 unspecified atom stereocenters. The second-order valence-electron chi connectivity index (χ2n) is 4.15. The zero-order chi connectivity index (χ0) is 12.3. The summed E-state index contributed by atoms with van der Waals surface area (Å²) < 4.78 is 5.00. The number of benzene rings is 1. The molecule has 0 bridgehead atoms. The number of rotatable bonds is 4. The molecule has 2 rings (SSSR count). The molecule has 0 spiro atoms. The molecule has 0 aliphatic rings. The van der Waals surface area contributed by atoms with Crippen molar-refractivity contribution in [3.05, 3.63) is 47.1 Å². The maximum atomic E-state index is 10.9. The van der Waals surface area contributed by atoms with Crippen molar-refractivity contribution in [1.82, 2.24) is 10.1 Å².